The summed E-state index contributed by atoms with van der Waals surface area (Å²) in [5.41, 5.74) is 1.35. The van der Waals surface area contributed by atoms with E-state index in [0.29, 0.717) is 10.7 Å². The highest BCUT2D eigenvalue weighted by Gasteiger charge is 2.17. The van der Waals surface area contributed by atoms with E-state index in [1.54, 1.807) is 25.1 Å². The van der Waals surface area contributed by atoms with Crippen molar-refractivity contribution < 1.29 is 18.9 Å². The van der Waals surface area contributed by atoms with Crippen molar-refractivity contribution in [3.63, 3.8) is 0 Å². The number of nitrogens with one attached hydrogen (secondary N) is 2. The summed E-state index contributed by atoms with van der Waals surface area (Å²) in [4.78, 5) is 33.4. The minimum Gasteiger partial charge on any atom is -0.395 e. The van der Waals surface area contributed by atoms with E-state index in [4.69, 9.17) is 16.0 Å². The van der Waals surface area contributed by atoms with Gasteiger partial charge in [0.2, 0.25) is 5.91 Å². The first-order valence-corrected chi connectivity index (χ1v) is 7.33. The molecule has 0 aliphatic rings. The average molecular weight is 352 g/mol. The summed E-state index contributed by atoms with van der Waals surface area (Å²) in [7, 11) is 0. The Labute approximate surface area is 141 Å². The Hall–Kier alpha value is -2.87. The number of hydrogen-bond donors (Lipinski definition) is 2. The molecule has 0 radical (unpaired) electrons. The highest BCUT2D eigenvalue weighted by atomic mass is 35.5. The predicted molar refractivity (Wildman–Crippen MR) is 87.1 cm³/mol. The quantitative estimate of drug-likeness (QED) is 0.613. The van der Waals surface area contributed by atoms with Crippen molar-refractivity contribution in [3.05, 3.63) is 56.8 Å². The van der Waals surface area contributed by atoms with Gasteiger partial charge in [-0.05, 0) is 30.7 Å². The fraction of sp³-hybridized carbons (Fsp3) is 0.200. The minimum absolute atomic E-state index is 0.0283. The maximum atomic E-state index is 11.9. The zero-order chi connectivity index (χ0) is 17.7. The Morgan fingerprint density at radius 2 is 2.04 bits per heavy atom. The number of amides is 2. The Kier molecular flexibility index (Phi) is 5.54. The van der Waals surface area contributed by atoms with Crippen LogP contribution in [0.5, 0.6) is 0 Å². The number of nitrogens with zero attached hydrogens (tertiary/aromatic N) is 1. The summed E-state index contributed by atoms with van der Waals surface area (Å²) >= 11 is 5.97. The molecule has 8 nitrogen and oxygen atoms in total. The molecular weight excluding hydrogens is 338 g/mol. The highest BCUT2D eigenvalue weighted by Crippen LogP contribution is 2.22. The Balaban J connectivity index is 1.82. The maximum absolute atomic E-state index is 11.9. The van der Waals surface area contributed by atoms with Crippen LogP contribution in [0, 0.1) is 17.0 Å². The van der Waals surface area contributed by atoms with Crippen LogP contribution in [0.15, 0.2) is 34.7 Å². The van der Waals surface area contributed by atoms with Gasteiger partial charge in [-0.1, -0.05) is 17.7 Å². The monoisotopic (exact) mass is 351 g/mol. The molecule has 9 heteroatoms. The van der Waals surface area contributed by atoms with Crippen molar-refractivity contribution in [2.24, 2.45) is 0 Å². The van der Waals surface area contributed by atoms with Gasteiger partial charge in [0.25, 0.3) is 5.91 Å². The van der Waals surface area contributed by atoms with Crippen molar-refractivity contribution in [3.8, 4) is 0 Å². The molecule has 0 fully saturated rings. The van der Waals surface area contributed by atoms with E-state index in [1.807, 2.05) is 0 Å². The largest absolute Gasteiger partial charge is 0.433 e. The van der Waals surface area contributed by atoms with Crippen molar-refractivity contribution in [1.82, 2.24) is 5.32 Å². The predicted octanol–water partition coefficient (Wildman–Crippen LogP) is 2.91. The number of carbonyl (C=O) groups is 2. The van der Waals surface area contributed by atoms with E-state index in [0.717, 1.165) is 11.6 Å². The number of benzene rings is 1. The van der Waals surface area contributed by atoms with Crippen molar-refractivity contribution in [1.29, 1.82) is 0 Å². The van der Waals surface area contributed by atoms with Crippen LogP contribution in [-0.2, 0) is 4.79 Å². The molecule has 126 valence electrons. The van der Waals surface area contributed by atoms with Crippen LogP contribution in [0.1, 0.15) is 22.5 Å². The van der Waals surface area contributed by atoms with Crippen molar-refractivity contribution >= 4 is 35.0 Å². The number of anilines is 1. The molecule has 0 aliphatic heterocycles. The third kappa shape index (κ3) is 4.32. The summed E-state index contributed by atoms with van der Waals surface area (Å²) in [5, 5.41) is 16.2. The van der Waals surface area contributed by atoms with E-state index in [9.17, 15) is 19.7 Å². The van der Waals surface area contributed by atoms with Crippen molar-refractivity contribution in [2.45, 2.75) is 13.3 Å². The lowest BCUT2D eigenvalue weighted by molar-refractivity contribution is -0.402. The maximum Gasteiger partial charge on any atom is 0.433 e. The fourth-order valence-electron chi connectivity index (χ4n) is 1.88. The lowest BCUT2D eigenvalue weighted by Gasteiger charge is -2.09. The number of furan rings is 1. The second-order valence-electron chi connectivity index (χ2n) is 4.86. The number of nitro groups is 1. The van der Waals surface area contributed by atoms with Crippen molar-refractivity contribution in [2.75, 3.05) is 11.9 Å². The van der Waals surface area contributed by atoms with Gasteiger partial charge in [-0.15, -0.1) is 0 Å². The molecule has 2 rings (SSSR count). The molecule has 0 spiro atoms. The molecule has 0 saturated heterocycles. The second kappa shape index (κ2) is 7.60. The third-order valence-electron chi connectivity index (χ3n) is 3.17. The summed E-state index contributed by atoms with van der Waals surface area (Å²) in [5.74, 6) is -1.64. The molecule has 0 aliphatic carbocycles. The lowest BCUT2D eigenvalue weighted by Crippen LogP contribution is -2.27. The summed E-state index contributed by atoms with van der Waals surface area (Å²) < 4.78 is 4.76. The summed E-state index contributed by atoms with van der Waals surface area (Å²) in [6.45, 7) is 1.84. The van der Waals surface area contributed by atoms with Gasteiger partial charge in [0.1, 0.15) is 4.92 Å². The van der Waals surface area contributed by atoms with Crippen LogP contribution in [0.2, 0.25) is 5.02 Å². The second-order valence-corrected chi connectivity index (χ2v) is 5.27. The van der Waals surface area contributed by atoms with Crippen LogP contribution in [0.25, 0.3) is 0 Å². The molecule has 2 aromatic rings. The standard InChI is InChI=1S/C15H14ClN3O5/c1-9-10(16)3-2-4-11(9)18-13(20)7-8-17-15(21)12-5-6-14(24-12)19(22)23/h2-6H,7-8H2,1H3,(H,17,21)(H,18,20). The molecule has 2 N–H and O–H groups in total. The molecule has 24 heavy (non-hydrogen) atoms. The van der Waals surface area contributed by atoms with Gasteiger partial charge in [0.05, 0.1) is 6.07 Å². The normalized spacial score (nSPS) is 10.2. The molecular formula is C15H14ClN3O5. The topological polar surface area (TPSA) is 114 Å². The number of hydrogen-bond acceptors (Lipinski definition) is 5. The average Bonchev–Trinajstić information content (AvgIpc) is 3.02. The van der Waals surface area contributed by atoms with Crippen LogP contribution in [-0.4, -0.2) is 23.3 Å². The van der Waals surface area contributed by atoms with Gasteiger partial charge in [0, 0.05) is 23.7 Å². The molecule has 0 unspecified atom stereocenters. The molecule has 0 saturated carbocycles. The van der Waals surface area contributed by atoms with Crippen LogP contribution in [0.3, 0.4) is 0 Å². The van der Waals surface area contributed by atoms with Gasteiger partial charge in [0.15, 0.2) is 5.76 Å². The van der Waals surface area contributed by atoms with Gasteiger partial charge >= 0.3 is 5.88 Å². The molecule has 1 aromatic heterocycles. The van der Waals surface area contributed by atoms with E-state index < -0.39 is 16.7 Å². The van der Waals surface area contributed by atoms with E-state index >= 15 is 0 Å². The zero-order valence-corrected chi connectivity index (χ0v) is 13.4. The first-order chi connectivity index (χ1) is 11.4. The van der Waals surface area contributed by atoms with Crippen LogP contribution in [0.4, 0.5) is 11.6 Å². The Morgan fingerprint density at radius 3 is 2.71 bits per heavy atom. The van der Waals surface area contributed by atoms with Gasteiger partial charge in [-0.25, -0.2) is 0 Å². The zero-order valence-electron chi connectivity index (χ0n) is 12.7. The first kappa shape index (κ1) is 17.5. The Morgan fingerprint density at radius 1 is 1.29 bits per heavy atom. The molecule has 0 atom stereocenters. The van der Waals surface area contributed by atoms with E-state index in [2.05, 4.69) is 10.6 Å². The first-order valence-electron chi connectivity index (χ1n) is 6.96. The van der Waals surface area contributed by atoms with Gasteiger partial charge < -0.3 is 15.1 Å². The van der Waals surface area contributed by atoms with E-state index in [1.165, 1.54) is 6.07 Å². The molecule has 1 heterocycles. The number of carbonyl (C=O) groups excluding carboxylic acids is 2. The van der Waals surface area contributed by atoms with Gasteiger partial charge in [-0.3, -0.25) is 19.7 Å². The molecule has 1 aromatic carbocycles. The minimum atomic E-state index is -0.739. The lowest BCUT2D eigenvalue weighted by atomic mass is 10.2. The van der Waals surface area contributed by atoms with Gasteiger partial charge in [-0.2, -0.15) is 0 Å². The third-order valence-corrected chi connectivity index (χ3v) is 3.58. The Bertz CT molecular complexity index is 787. The number of rotatable bonds is 6. The summed E-state index contributed by atoms with van der Waals surface area (Å²) in [6, 6.07) is 7.44. The summed E-state index contributed by atoms with van der Waals surface area (Å²) in [6.07, 6.45) is 0.0283. The highest BCUT2D eigenvalue weighted by molar-refractivity contribution is 6.31. The smallest absolute Gasteiger partial charge is 0.395 e. The van der Waals surface area contributed by atoms with E-state index in [-0.39, 0.29) is 24.6 Å². The number of halogens is 1. The fourth-order valence-corrected chi connectivity index (χ4v) is 2.05. The molecule has 2 amide bonds. The SMILES string of the molecule is Cc1c(Cl)cccc1NC(=O)CCNC(=O)c1ccc([N+](=O)[O-])o1. The van der Waals surface area contributed by atoms with Crippen LogP contribution >= 0.6 is 11.6 Å². The molecule has 0 bridgehead atoms. The van der Waals surface area contributed by atoms with Crippen LogP contribution < -0.4 is 10.6 Å².